The van der Waals surface area contributed by atoms with E-state index in [0.29, 0.717) is 0 Å². The van der Waals surface area contributed by atoms with E-state index in [1.165, 1.54) is 0 Å². The molecule has 0 amide bonds. The van der Waals surface area contributed by atoms with Crippen LogP contribution in [0, 0.1) is 0 Å². The third kappa shape index (κ3) is 2.18. The molecule has 0 unspecified atom stereocenters. The molecule has 0 aliphatic heterocycles. The number of anilines is 2. The number of nitrogen functional groups attached to an aromatic ring is 1. The summed E-state index contributed by atoms with van der Waals surface area (Å²) in [4.78, 5) is 11.0. The first kappa shape index (κ1) is 12.5. The van der Waals surface area contributed by atoms with E-state index in [9.17, 15) is 0 Å². The number of fused-ring (bicyclic) bond motifs is 1. The van der Waals surface area contributed by atoms with Gasteiger partial charge in [0.15, 0.2) is 5.82 Å². The van der Waals surface area contributed by atoms with Crippen molar-refractivity contribution in [1.82, 2.24) is 14.5 Å². The Morgan fingerprint density at radius 1 is 1.25 bits per heavy atom. The number of rotatable bonds is 3. The number of hydrogen-bond acceptors (Lipinski definition) is 4. The van der Waals surface area contributed by atoms with Gasteiger partial charge in [-0.2, -0.15) is 0 Å². The van der Waals surface area contributed by atoms with Crippen LogP contribution in [-0.2, 0) is 13.6 Å². The van der Waals surface area contributed by atoms with Gasteiger partial charge in [-0.1, -0.05) is 12.1 Å². The Morgan fingerprint density at radius 2 is 2.10 bits per heavy atom. The zero-order valence-electron chi connectivity index (χ0n) is 11.6. The van der Waals surface area contributed by atoms with Crippen LogP contribution in [0.4, 0.5) is 11.5 Å². The molecule has 3 rings (SSSR count). The maximum absolute atomic E-state index is 5.82. The first-order chi connectivity index (χ1) is 9.65. The fraction of sp³-hybridized carbons (Fsp3) is 0.200. The molecule has 102 valence electrons. The van der Waals surface area contributed by atoms with Crippen molar-refractivity contribution in [2.45, 2.75) is 6.54 Å². The van der Waals surface area contributed by atoms with Crippen LogP contribution in [0.25, 0.3) is 11.0 Å². The van der Waals surface area contributed by atoms with Gasteiger partial charge in [-0.3, -0.25) is 0 Å². The number of aromatic nitrogens is 3. The van der Waals surface area contributed by atoms with Crippen molar-refractivity contribution < 1.29 is 0 Å². The Hall–Kier alpha value is -2.56. The van der Waals surface area contributed by atoms with Gasteiger partial charge in [0, 0.05) is 32.5 Å². The molecule has 0 fully saturated rings. The van der Waals surface area contributed by atoms with E-state index in [1.54, 1.807) is 0 Å². The zero-order valence-corrected chi connectivity index (χ0v) is 11.6. The molecular formula is C15H17N5. The molecule has 2 N–H and O–H groups in total. The second-order valence-corrected chi connectivity index (χ2v) is 4.96. The molecule has 0 spiro atoms. The maximum Gasteiger partial charge on any atom is 0.156 e. The predicted molar refractivity (Wildman–Crippen MR) is 81.5 cm³/mol. The molecule has 1 aromatic carbocycles. The molecule has 3 aromatic rings. The molecule has 2 heterocycles. The lowest BCUT2D eigenvalue weighted by molar-refractivity contribution is 0.903. The van der Waals surface area contributed by atoms with Crippen molar-refractivity contribution in [1.29, 1.82) is 0 Å². The molecule has 2 aromatic heterocycles. The molecule has 20 heavy (non-hydrogen) atoms. The molecule has 0 aliphatic rings. The van der Waals surface area contributed by atoms with Gasteiger partial charge in [0.1, 0.15) is 5.52 Å². The van der Waals surface area contributed by atoms with Gasteiger partial charge in [-0.05, 0) is 23.8 Å². The molecule has 0 aliphatic carbocycles. The van der Waals surface area contributed by atoms with E-state index in [0.717, 1.165) is 34.6 Å². The standard InChI is InChI=1S/C15H17N5/c1-19(9-11-4-3-5-12(16)8-11)15-14-13(6-7-17-15)20(2)10-18-14/h3-8,10H,9,16H2,1-2H3. The van der Waals surface area contributed by atoms with Crippen LogP contribution in [0.5, 0.6) is 0 Å². The van der Waals surface area contributed by atoms with Crippen LogP contribution in [0.15, 0.2) is 42.9 Å². The highest BCUT2D eigenvalue weighted by molar-refractivity contribution is 5.86. The summed E-state index contributed by atoms with van der Waals surface area (Å²) in [5, 5.41) is 0. The lowest BCUT2D eigenvalue weighted by Crippen LogP contribution is -2.18. The number of benzene rings is 1. The smallest absolute Gasteiger partial charge is 0.156 e. The summed E-state index contributed by atoms with van der Waals surface area (Å²) in [7, 11) is 4.00. The first-order valence-corrected chi connectivity index (χ1v) is 6.47. The third-order valence-corrected chi connectivity index (χ3v) is 3.36. The number of hydrogen-bond donors (Lipinski definition) is 1. The summed E-state index contributed by atoms with van der Waals surface area (Å²) in [6.07, 6.45) is 3.62. The Morgan fingerprint density at radius 3 is 2.90 bits per heavy atom. The monoisotopic (exact) mass is 267 g/mol. The number of aryl methyl sites for hydroxylation is 1. The highest BCUT2D eigenvalue weighted by atomic mass is 15.2. The fourth-order valence-electron chi connectivity index (χ4n) is 2.37. The van der Waals surface area contributed by atoms with Gasteiger partial charge in [0.2, 0.25) is 0 Å². The summed E-state index contributed by atoms with van der Waals surface area (Å²) < 4.78 is 1.99. The summed E-state index contributed by atoms with van der Waals surface area (Å²) in [6, 6.07) is 9.87. The number of pyridine rings is 1. The molecule has 0 radical (unpaired) electrons. The van der Waals surface area contributed by atoms with Gasteiger partial charge in [-0.25, -0.2) is 9.97 Å². The molecular weight excluding hydrogens is 250 g/mol. The van der Waals surface area contributed by atoms with Gasteiger partial charge >= 0.3 is 0 Å². The Balaban J connectivity index is 1.94. The van der Waals surface area contributed by atoms with Crippen LogP contribution in [-0.4, -0.2) is 21.6 Å². The van der Waals surface area contributed by atoms with E-state index < -0.39 is 0 Å². The Labute approximate surface area is 117 Å². The van der Waals surface area contributed by atoms with Crippen molar-refractivity contribution in [2.24, 2.45) is 7.05 Å². The highest BCUT2D eigenvalue weighted by Crippen LogP contribution is 2.23. The minimum absolute atomic E-state index is 0.744. The quantitative estimate of drug-likeness (QED) is 0.739. The minimum atomic E-state index is 0.744. The largest absolute Gasteiger partial charge is 0.399 e. The van der Waals surface area contributed by atoms with E-state index in [1.807, 2.05) is 55.5 Å². The SMILES string of the molecule is CN(Cc1cccc(N)c1)c1nccc2c1ncn2C. The fourth-order valence-corrected chi connectivity index (χ4v) is 2.37. The summed E-state index contributed by atoms with van der Waals surface area (Å²) in [5.41, 5.74) is 9.75. The third-order valence-electron chi connectivity index (χ3n) is 3.36. The predicted octanol–water partition coefficient (Wildman–Crippen LogP) is 2.19. The molecule has 0 saturated carbocycles. The molecule has 0 atom stereocenters. The van der Waals surface area contributed by atoms with Crippen LogP contribution < -0.4 is 10.6 Å². The molecule has 5 heteroatoms. The van der Waals surface area contributed by atoms with Crippen LogP contribution in [0.1, 0.15) is 5.56 Å². The van der Waals surface area contributed by atoms with E-state index in [2.05, 4.69) is 20.9 Å². The first-order valence-electron chi connectivity index (χ1n) is 6.47. The lowest BCUT2D eigenvalue weighted by atomic mass is 10.2. The van der Waals surface area contributed by atoms with E-state index >= 15 is 0 Å². The molecule has 5 nitrogen and oxygen atoms in total. The Kier molecular flexibility index (Phi) is 3.02. The normalized spacial score (nSPS) is 10.9. The van der Waals surface area contributed by atoms with Crippen molar-refractivity contribution in [3.63, 3.8) is 0 Å². The van der Waals surface area contributed by atoms with Gasteiger partial charge in [-0.15, -0.1) is 0 Å². The second kappa shape index (κ2) is 4.85. The van der Waals surface area contributed by atoms with Crippen molar-refractivity contribution in [3.05, 3.63) is 48.4 Å². The summed E-state index contributed by atoms with van der Waals surface area (Å²) in [5.74, 6) is 0.880. The van der Waals surface area contributed by atoms with Gasteiger partial charge < -0.3 is 15.2 Å². The van der Waals surface area contributed by atoms with Crippen molar-refractivity contribution >= 4 is 22.5 Å². The highest BCUT2D eigenvalue weighted by Gasteiger charge is 2.11. The minimum Gasteiger partial charge on any atom is -0.399 e. The van der Waals surface area contributed by atoms with Crippen LogP contribution in [0.2, 0.25) is 0 Å². The summed E-state index contributed by atoms with van der Waals surface area (Å²) in [6.45, 7) is 0.744. The van der Waals surface area contributed by atoms with Crippen LogP contribution >= 0.6 is 0 Å². The second-order valence-electron chi connectivity index (χ2n) is 4.96. The summed E-state index contributed by atoms with van der Waals surface area (Å²) >= 11 is 0. The number of imidazole rings is 1. The van der Waals surface area contributed by atoms with E-state index in [4.69, 9.17) is 5.73 Å². The zero-order chi connectivity index (χ0) is 14.1. The maximum atomic E-state index is 5.82. The lowest BCUT2D eigenvalue weighted by Gasteiger charge is -2.18. The average Bonchev–Trinajstić information content (AvgIpc) is 2.81. The van der Waals surface area contributed by atoms with Gasteiger partial charge in [0.25, 0.3) is 0 Å². The topological polar surface area (TPSA) is 60.0 Å². The number of nitrogens with zero attached hydrogens (tertiary/aromatic N) is 4. The molecule has 0 bridgehead atoms. The average molecular weight is 267 g/mol. The Bertz CT molecular complexity index is 747. The number of nitrogens with two attached hydrogens (primary N) is 1. The van der Waals surface area contributed by atoms with Gasteiger partial charge in [0.05, 0.1) is 11.8 Å². The van der Waals surface area contributed by atoms with Crippen molar-refractivity contribution in [2.75, 3.05) is 17.7 Å². The van der Waals surface area contributed by atoms with Crippen molar-refractivity contribution in [3.8, 4) is 0 Å². The van der Waals surface area contributed by atoms with Crippen LogP contribution in [0.3, 0.4) is 0 Å². The van der Waals surface area contributed by atoms with E-state index in [-0.39, 0.29) is 0 Å². The molecule has 0 saturated heterocycles.